The van der Waals surface area contributed by atoms with Gasteiger partial charge in [-0.05, 0) is 82.7 Å². The summed E-state index contributed by atoms with van der Waals surface area (Å²) in [6, 6.07) is 4.44. The third kappa shape index (κ3) is 5.65. The molecule has 4 atom stereocenters. The molecule has 0 fully saturated rings. The van der Waals surface area contributed by atoms with E-state index in [9.17, 15) is 0 Å². The lowest BCUT2D eigenvalue weighted by Gasteiger charge is -2.25. The molecule has 184 valence electrons. The van der Waals surface area contributed by atoms with Crippen LogP contribution in [0, 0.1) is 0 Å². The molecule has 4 unspecified atom stereocenters. The highest BCUT2D eigenvalue weighted by Crippen LogP contribution is 2.44. The lowest BCUT2D eigenvalue weighted by molar-refractivity contribution is 0.711. The molecule has 4 heteroatoms. The van der Waals surface area contributed by atoms with Crippen LogP contribution in [0.4, 0.5) is 11.4 Å². The molecule has 0 saturated heterocycles. The minimum atomic E-state index is 0.300. The standard InChI is InChI=1S/C29H44Cl2N2/c1-9-16(5)22-14-20(26(30)24(28(22)32)18(7)11-3)13-21-15-23(17(6)10-2)29(33)25(27(21)31)19(8)12-4/h14-19H,9-13,32-33H2,1-8H3. The van der Waals surface area contributed by atoms with Crippen molar-refractivity contribution in [3.05, 3.63) is 55.6 Å². The molecule has 0 aromatic heterocycles. The van der Waals surface area contributed by atoms with Crippen molar-refractivity contribution < 1.29 is 0 Å². The van der Waals surface area contributed by atoms with Crippen LogP contribution in [0.3, 0.4) is 0 Å². The highest BCUT2D eigenvalue weighted by Gasteiger charge is 2.24. The molecule has 0 aliphatic rings. The second-order valence-corrected chi connectivity index (χ2v) is 10.7. The van der Waals surface area contributed by atoms with Crippen molar-refractivity contribution >= 4 is 34.6 Å². The van der Waals surface area contributed by atoms with E-state index < -0.39 is 0 Å². The number of halogens is 2. The van der Waals surface area contributed by atoms with Crippen LogP contribution in [0.2, 0.25) is 10.0 Å². The summed E-state index contributed by atoms with van der Waals surface area (Å²) >= 11 is 14.1. The molecule has 0 spiro atoms. The van der Waals surface area contributed by atoms with Gasteiger partial charge in [0.15, 0.2) is 0 Å². The Bertz CT molecular complexity index is 890. The number of hydrogen-bond donors (Lipinski definition) is 2. The smallest absolute Gasteiger partial charge is 0.0496 e. The second-order valence-electron chi connectivity index (χ2n) is 9.95. The van der Waals surface area contributed by atoms with E-state index in [0.29, 0.717) is 30.1 Å². The average Bonchev–Trinajstić information content (AvgIpc) is 2.80. The first kappa shape index (κ1) is 27.9. The van der Waals surface area contributed by atoms with E-state index in [0.717, 1.165) is 69.4 Å². The Morgan fingerprint density at radius 2 is 0.909 bits per heavy atom. The van der Waals surface area contributed by atoms with Gasteiger partial charge in [-0.1, -0.05) is 90.7 Å². The van der Waals surface area contributed by atoms with Crippen LogP contribution in [-0.4, -0.2) is 0 Å². The maximum Gasteiger partial charge on any atom is 0.0496 e. The minimum absolute atomic E-state index is 0.300. The SMILES string of the molecule is CCC(C)c1cc(Cc2cc(C(C)CC)c(N)c(C(C)CC)c2Cl)c(Cl)c(C(C)CC)c1N. The molecule has 2 rings (SSSR count). The maximum absolute atomic E-state index is 7.05. The first-order valence-corrected chi connectivity index (χ1v) is 13.5. The molecule has 4 N–H and O–H groups in total. The zero-order valence-corrected chi connectivity index (χ0v) is 23.4. The lowest BCUT2D eigenvalue weighted by atomic mass is 9.84. The Balaban J connectivity index is 2.78. The van der Waals surface area contributed by atoms with Crippen LogP contribution in [-0.2, 0) is 6.42 Å². The number of rotatable bonds is 10. The van der Waals surface area contributed by atoms with Gasteiger partial charge >= 0.3 is 0 Å². The fraction of sp³-hybridized carbons (Fsp3) is 0.586. The Kier molecular flexibility index (Phi) is 10.0. The summed E-state index contributed by atoms with van der Waals surface area (Å²) in [5, 5.41) is 1.58. The molecule has 0 aliphatic carbocycles. The molecule has 0 aliphatic heterocycles. The third-order valence-corrected chi connectivity index (χ3v) is 8.67. The first-order chi connectivity index (χ1) is 15.5. The minimum Gasteiger partial charge on any atom is -0.398 e. The van der Waals surface area contributed by atoms with Gasteiger partial charge in [0.2, 0.25) is 0 Å². The van der Waals surface area contributed by atoms with Crippen LogP contribution in [0.1, 0.15) is 138 Å². The van der Waals surface area contributed by atoms with Crippen molar-refractivity contribution in [2.75, 3.05) is 11.5 Å². The molecule has 2 nitrogen and oxygen atoms in total. The highest BCUT2D eigenvalue weighted by molar-refractivity contribution is 6.33. The summed E-state index contributed by atoms with van der Waals surface area (Å²) in [7, 11) is 0. The number of hydrogen-bond acceptors (Lipinski definition) is 2. The van der Waals surface area contributed by atoms with Crippen molar-refractivity contribution in [2.24, 2.45) is 0 Å². The van der Waals surface area contributed by atoms with Gasteiger partial charge in [-0.2, -0.15) is 0 Å². The molecule has 33 heavy (non-hydrogen) atoms. The van der Waals surface area contributed by atoms with E-state index >= 15 is 0 Å². The Hall–Kier alpha value is -1.38. The van der Waals surface area contributed by atoms with E-state index in [1.165, 1.54) is 11.1 Å². The van der Waals surface area contributed by atoms with Gasteiger partial charge in [-0.25, -0.2) is 0 Å². The molecule has 2 aromatic rings. The van der Waals surface area contributed by atoms with E-state index in [1.54, 1.807) is 0 Å². The van der Waals surface area contributed by atoms with Crippen LogP contribution in [0.25, 0.3) is 0 Å². The fourth-order valence-corrected chi connectivity index (χ4v) is 5.46. The quantitative estimate of drug-likeness (QED) is 0.325. The highest BCUT2D eigenvalue weighted by atomic mass is 35.5. The molecule has 0 heterocycles. The number of anilines is 2. The molecule has 2 aromatic carbocycles. The van der Waals surface area contributed by atoms with E-state index in [4.69, 9.17) is 34.7 Å². The molecular weight excluding hydrogens is 447 g/mol. The Morgan fingerprint density at radius 3 is 1.18 bits per heavy atom. The zero-order valence-electron chi connectivity index (χ0n) is 21.9. The Labute approximate surface area is 212 Å². The third-order valence-electron chi connectivity index (χ3n) is 7.78. The van der Waals surface area contributed by atoms with Crippen LogP contribution >= 0.6 is 23.2 Å². The van der Waals surface area contributed by atoms with Gasteiger partial charge in [0, 0.05) is 27.8 Å². The number of nitrogen functional groups attached to an aromatic ring is 2. The van der Waals surface area contributed by atoms with Gasteiger partial charge in [0.25, 0.3) is 0 Å². The van der Waals surface area contributed by atoms with Gasteiger partial charge in [0.05, 0.1) is 0 Å². The zero-order chi connectivity index (χ0) is 25.0. The first-order valence-electron chi connectivity index (χ1n) is 12.7. The van der Waals surface area contributed by atoms with Crippen molar-refractivity contribution in [1.29, 1.82) is 0 Å². The van der Waals surface area contributed by atoms with E-state index in [2.05, 4.69) is 67.5 Å². The van der Waals surface area contributed by atoms with Gasteiger partial charge < -0.3 is 11.5 Å². The van der Waals surface area contributed by atoms with Gasteiger partial charge in [0.1, 0.15) is 0 Å². The lowest BCUT2D eigenvalue weighted by Crippen LogP contribution is -2.11. The molecule has 0 bridgehead atoms. The van der Waals surface area contributed by atoms with Crippen LogP contribution in [0.5, 0.6) is 0 Å². The Morgan fingerprint density at radius 1 is 0.606 bits per heavy atom. The van der Waals surface area contributed by atoms with Gasteiger partial charge in [-0.3, -0.25) is 0 Å². The molecule has 0 saturated carbocycles. The summed E-state index contributed by atoms with van der Waals surface area (Å²) in [6.45, 7) is 17.7. The average molecular weight is 492 g/mol. The number of benzene rings is 2. The van der Waals surface area contributed by atoms with Crippen LogP contribution < -0.4 is 11.5 Å². The second kappa shape index (κ2) is 11.8. The predicted octanol–water partition coefficient (Wildman–Crippen LogP) is 9.80. The largest absolute Gasteiger partial charge is 0.398 e. The number of nitrogens with two attached hydrogens (primary N) is 2. The topological polar surface area (TPSA) is 52.0 Å². The summed E-state index contributed by atoms with van der Waals surface area (Å²) < 4.78 is 0. The van der Waals surface area contributed by atoms with E-state index in [1.807, 2.05) is 0 Å². The predicted molar refractivity (Wildman–Crippen MR) is 149 cm³/mol. The maximum atomic E-state index is 7.05. The molecule has 0 radical (unpaired) electrons. The molecular formula is C29H44Cl2N2. The van der Waals surface area contributed by atoms with Crippen molar-refractivity contribution in [1.82, 2.24) is 0 Å². The fourth-order valence-electron chi connectivity index (χ4n) is 4.64. The molecule has 0 amide bonds. The van der Waals surface area contributed by atoms with Crippen molar-refractivity contribution in [3.63, 3.8) is 0 Å². The van der Waals surface area contributed by atoms with Gasteiger partial charge in [-0.15, -0.1) is 0 Å². The summed E-state index contributed by atoms with van der Waals surface area (Å²) in [4.78, 5) is 0. The van der Waals surface area contributed by atoms with Crippen molar-refractivity contribution in [3.8, 4) is 0 Å². The van der Waals surface area contributed by atoms with Crippen molar-refractivity contribution in [2.45, 2.75) is 111 Å². The normalized spacial score (nSPS) is 15.3. The summed E-state index contributed by atoms with van der Waals surface area (Å²) in [6.07, 6.45) is 4.73. The van der Waals surface area contributed by atoms with Crippen LogP contribution in [0.15, 0.2) is 12.1 Å². The van der Waals surface area contributed by atoms with E-state index in [-0.39, 0.29) is 0 Å². The monoisotopic (exact) mass is 490 g/mol. The summed E-state index contributed by atoms with van der Waals surface area (Å²) in [5.74, 6) is 1.34. The summed E-state index contributed by atoms with van der Waals surface area (Å²) in [5.41, 5.74) is 21.9.